The Morgan fingerprint density at radius 2 is 2.04 bits per heavy atom. The molecule has 23 heavy (non-hydrogen) atoms. The maximum absolute atomic E-state index is 12.1. The smallest absolute Gasteiger partial charge is 0.231 e. The van der Waals surface area contributed by atoms with Crippen molar-refractivity contribution in [2.75, 3.05) is 7.05 Å². The fraction of sp³-hybridized carbons (Fsp3) is 0.278. The number of guanidine groups is 1. The molecule has 1 aromatic carbocycles. The number of aryl methyl sites for hydroxylation is 1. The van der Waals surface area contributed by atoms with Gasteiger partial charge in [0.2, 0.25) is 5.91 Å². The molecule has 1 aliphatic heterocycles. The number of nitrogens with zero attached hydrogens (tertiary/aromatic N) is 3. The van der Waals surface area contributed by atoms with E-state index in [9.17, 15) is 4.79 Å². The zero-order chi connectivity index (χ0) is 16.6. The van der Waals surface area contributed by atoms with Crippen LogP contribution in [0.25, 0.3) is 11.3 Å². The van der Waals surface area contributed by atoms with Crippen LogP contribution in [0.15, 0.2) is 47.6 Å². The van der Waals surface area contributed by atoms with Gasteiger partial charge in [-0.05, 0) is 37.6 Å². The van der Waals surface area contributed by atoms with Gasteiger partial charge in [0, 0.05) is 18.8 Å². The van der Waals surface area contributed by atoms with Crippen LogP contribution in [0.3, 0.4) is 0 Å². The van der Waals surface area contributed by atoms with E-state index in [-0.39, 0.29) is 11.9 Å². The molecule has 2 N–H and O–H groups in total. The number of aliphatic imine (C=N–C) groups is 1. The van der Waals surface area contributed by atoms with E-state index in [2.05, 4.69) is 29.0 Å². The Labute approximate surface area is 135 Å². The van der Waals surface area contributed by atoms with Crippen molar-refractivity contribution in [3.63, 3.8) is 0 Å². The number of carbonyl (C=O) groups excluding carboxylic acids is 1. The van der Waals surface area contributed by atoms with Crippen molar-refractivity contribution in [1.82, 2.24) is 9.88 Å². The van der Waals surface area contributed by atoms with Crippen LogP contribution >= 0.6 is 0 Å². The highest BCUT2D eigenvalue weighted by Gasteiger charge is 2.36. The lowest BCUT2D eigenvalue weighted by Gasteiger charge is -2.33. The van der Waals surface area contributed by atoms with Crippen LogP contribution in [0.4, 0.5) is 0 Å². The van der Waals surface area contributed by atoms with Crippen LogP contribution < -0.4 is 5.73 Å². The number of benzene rings is 1. The molecule has 0 radical (unpaired) electrons. The Kier molecular flexibility index (Phi) is 3.64. The van der Waals surface area contributed by atoms with Crippen molar-refractivity contribution in [3.05, 3.63) is 53.7 Å². The summed E-state index contributed by atoms with van der Waals surface area (Å²) in [6.45, 7) is 3.98. The molecule has 0 fully saturated rings. The Bertz CT molecular complexity index is 799. The highest BCUT2D eigenvalue weighted by molar-refractivity contribution is 5.98. The Hall–Kier alpha value is -2.69. The lowest BCUT2D eigenvalue weighted by Crippen LogP contribution is -2.47. The number of rotatable bonds is 2. The maximum atomic E-state index is 12.1. The Morgan fingerprint density at radius 3 is 2.74 bits per heavy atom. The average molecular weight is 308 g/mol. The van der Waals surface area contributed by atoms with Gasteiger partial charge in [-0.25, -0.2) is 4.99 Å². The lowest BCUT2D eigenvalue weighted by atomic mass is 9.87. The summed E-state index contributed by atoms with van der Waals surface area (Å²) >= 11 is 0. The number of hydrogen-bond donors (Lipinski definition) is 1. The molecule has 1 atom stereocenters. The topological polar surface area (TPSA) is 71.6 Å². The number of hydrogen-bond acceptors (Lipinski definition) is 4. The molecule has 5 nitrogen and oxygen atoms in total. The van der Waals surface area contributed by atoms with E-state index in [0.717, 1.165) is 16.8 Å². The van der Waals surface area contributed by atoms with Crippen LogP contribution in [0, 0.1) is 6.92 Å². The fourth-order valence-electron chi connectivity index (χ4n) is 2.80. The standard InChI is InChI=1S/C18H20N4O/c1-12-5-4-6-13(9-12)15-10-14(7-8-20-15)18(2)11-16(23)22(3)17(19)21-18/h4-10H,11H2,1-3H3,(H2,19,21)/t18-/m0/s1. The summed E-state index contributed by atoms with van der Waals surface area (Å²) < 4.78 is 0. The second-order valence-corrected chi connectivity index (χ2v) is 6.17. The van der Waals surface area contributed by atoms with Crippen molar-refractivity contribution in [1.29, 1.82) is 0 Å². The molecule has 1 aromatic heterocycles. The van der Waals surface area contributed by atoms with Crippen molar-refractivity contribution < 1.29 is 4.79 Å². The zero-order valence-corrected chi connectivity index (χ0v) is 13.6. The quantitative estimate of drug-likeness (QED) is 0.926. The molecule has 1 amide bonds. The summed E-state index contributed by atoms with van der Waals surface area (Å²) in [5, 5.41) is 0. The van der Waals surface area contributed by atoms with Gasteiger partial charge in [0.15, 0.2) is 5.96 Å². The van der Waals surface area contributed by atoms with E-state index in [1.54, 1.807) is 13.2 Å². The second kappa shape index (κ2) is 5.50. The molecule has 0 spiro atoms. The predicted molar refractivity (Wildman–Crippen MR) is 90.8 cm³/mol. The van der Waals surface area contributed by atoms with Gasteiger partial charge in [-0.1, -0.05) is 23.8 Å². The normalized spacial score (nSPS) is 21.3. The molecule has 0 saturated carbocycles. The third-order valence-electron chi connectivity index (χ3n) is 4.27. The minimum atomic E-state index is -0.658. The molecule has 5 heteroatoms. The van der Waals surface area contributed by atoms with E-state index in [1.165, 1.54) is 10.5 Å². The summed E-state index contributed by atoms with van der Waals surface area (Å²) in [7, 11) is 1.64. The number of nitrogens with two attached hydrogens (primary N) is 1. The van der Waals surface area contributed by atoms with Crippen molar-refractivity contribution in [2.45, 2.75) is 25.8 Å². The lowest BCUT2D eigenvalue weighted by molar-refractivity contribution is -0.128. The summed E-state index contributed by atoms with van der Waals surface area (Å²) in [5.41, 5.74) is 9.27. The van der Waals surface area contributed by atoms with E-state index in [1.807, 2.05) is 31.2 Å². The largest absolute Gasteiger partial charge is 0.369 e. The number of aromatic nitrogens is 1. The predicted octanol–water partition coefficient (Wildman–Crippen LogP) is 2.45. The fourth-order valence-corrected chi connectivity index (χ4v) is 2.80. The first-order chi connectivity index (χ1) is 10.9. The van der Waals surface area contributed by atoms with E-state index in [0.29, 0.717) is 6.42 Å². The zero-order valence-electron chi connectivity index (χ0n) is 13.6. The second-order valence-electron chi connectivity index (χ2n) is 6.17. The maximum Gasteiger partial charge on any atom is 0.231 e. The van der Waals surface area contributed by atoms with Gasteiger partial charge in [-0.15, -0.1) is 0 Å². The Balaban J connectivity index is 2.05. The van der Waals surface area contributed by atoms with Crippen LogP contribution in [0.2, 0.25) is 0 Å². The third-order valence-corrected chi connectivity index (χ3v) is 4.27. The van der Waals surface area contributed by atoms with E-state index < -0.39 is 5.54 Å². The van der Waals surface area contributed by atoms with Crippen LogP contribution in [0.5, 0.6) is 0 Å². The van der Waals surface area contributed by atoms with Gasteiger partial charge in [0.05, 0.1) is 17.7 Å². The van der Waals surface area contributed by atoms with Crippen LogP contribution in [-0.2, 0) is 10.3 Å². The minimum Gasteiger partial charge on any atom is -0.369 e. The Morgan fingerprint density at radius 1 is 1.26 bits per heavy atom. The van der Waals surface area contributed by atoms with E-state index in [4.69, 9.17) is 5.73 Å². The van der Waals surface area contributed by atoms with Crippen molar-refractivity contribution in [3.8, 4) is 11.3 Å². The number of carbonyl (C=O) groups is 1. The highest BCUT2D eigenvalue weighted by Crippen LogP contribution is 2.34. The van der Waals surface area contributed by atoms with Gasteiger partial charge >= 0.3 is 0 Å². The molecule has 118 valence electrons. The monoisotopic (exact) mass is 308 g/mol. The molecular weight excluding hydrogens is 288 g/mol. The van der Waals surface area contributed by atoms with Crippen LogP contribution in [0.1, 0.15) is 24.5 Å². The molecule has 2 heterocycles. The summed E-state index contributed by atoms with van der Waals surface area (Å²) in [4.78, 5) is 22.5. The molecule has 1 aliphatic rings. The number of amides is 1. The molecule has 0 aliphatic carbocycles. The van der Waals surface area contributed by atoms with Gasteiger partial charge in [-0.3, -0.25) is 14.7 Å². The molecule has 0 unspecified atom stereocenters. The van der Waals surface area contributed by atoms with Crippen molar-refractivity contribution in [2.24, 2.45) is 10.7 Å². The minimum absolute atomic E-state index is 0.0334. The van der Waals surface area contributed by atoms with E-state index >= 15 is 0 Å². The summed E-state index contributed by atoms with van der Waals surface area (Å²) in [6.07, 6.45) is 2.05. The van der Waals surface area contributed by atoms with Gasteiger partial charge in [0.1, 0.15) is 0 Å². The molecule has 3 rings (SSSR count). The van der Waals surface area contributed by atoms with Gasteiger partial charge in [-0.2, -0.15) is 0 Å². The van der Waals surface area contributed by atoms with Gasteiger partial charge < -0.3 is 5.73 Å². The summed E-state index contributed by atoms with van der Waals surface area (Å²) in [6, 6.07) is 12.1. The van der Waals surface area contributed by atoms with Crippen LogP contribution in [-0.4, -0.2) is 28.8 Å². The highest BCUT2D eigenvalue weighted by atomic mass is 16.2. The van der Waals surface area contributed by atoms with Crippen molar-refractivity contribution >= 4 is 11.9 Å². The van der Waals surface area contributed by atoms with Gasteiger partial charge in [0.25, 0.3) is 0 Å². The summed E-state index contributed by atoms with van der Waals surface area (Å²) in [5.74, 6) is 0.214. The SMILES string of the molecule is Cc1cccc(-c2cc([C@]3(C)CC(=O)N(C)C(N)=N3)ccn2)c1. The third kappa shape index (κ3) is 2.82. The molecule has 0 bridgehead atoms. The first-order valence-electron chi connectivity index (χ1n) is 7.54. The molecule has 0 saturated heterocycles. The first-order valence-corrected chi connectivity index (χ1v) is 7.54. The first kappa shape index (κ1) is 15.2. The number of pyridine rings is 1. The molecular formula is C18H20N4O. The average Bonchev–Trinajstić information content (AvgIpc) is 2.53. The molecule has 2 aromatic rings.